The van der Waals surface area contributed by atoms with Crippen LogP contribution in [0.1, 0.15) is 21.6 Å². The Morgan fingerprint density at radius 1 is 1.23 bits per heavy atom. The summed E-state index contributed by atoms with van der Waals surface area (Å²) in [6.45, 7) is 0. The van der Waals surface area contributed by atoms with Gasteiger partial charge < -0.3 is 9.40 Å². The number of carbonyl (C=O) groups is 1. The fraction of sp³-hybridized carbons (Fsp3) is 0.0556. The summed E-state index contributed by atoms with van der Waals surface area (Å²) in [4.78, 5) is 34.7. The van der Waals surface area contributed by atoms with Gasteiger partial charge in [0.1, 0.15) is 11.9 Å². The summed E-state index contributed by atoms with van der Waals surface area (Å²) in [7, 11) is 0. The number of fused-ring (bicyclic) bond motifs is 1. The molecule has 3 heterocycles. The summed E-state index contributed by atoms with van der Waals surface area (Å²) in [6, 6.07) is 7.83. The predicted molar refractivity (Wildman–Crippen MR) is 95.9 cm³/mol. The highest BCUT2D eigenvalue weighted by atomic mass is 19.4. The van der Waals surface area contributed by atoms with E-state index in [9.17, 15) is 22.8 Å². The number of rotatable bonds is 3. The van der Waals surface area contributed by atoms with Gasteiger partial charge in [0.25, 0.3) is 5.91 Å². The number of hydrogen-bond acceptors (Lipinski definition) is 6. The maximum Gasteiger partial charge on any atom is 0.417 e. The molecule has 0 spiro atoms. The molecule has 4 aromatic rings. The molecule has 150 valence electrons. The molecule has 12 heteroatoms. The number of pyridine rings is 1. The summed E-state index contributed by atoms with van der Waals surface area (Å²) in [5.41, 5.74) is -1.05. The lowest BCUT2D eigenvalue weighted by Gasteiger charge is -2.08. The lowest BCUT2D eigenvalue weighted by molar-refractivity contribution is -0.137. The molecule has 0 aliphatic heterocycles. The second-order valence-electron chi connectivity index (χ2n) is 6.00. The Bertz CT molecular complexity index is 1360. The van der Waals surface area contributed by atoms with Crippen LogP contribution in [-0.2, 0) is 6.18 Å². The molecule has 1 amide bonds. The quantitative estimate of drug-likeness (QED) is 0.530. The molecule has 0 radical (unpaired) electrons. The minimum atomic E-state index is -4.56. The highest BCUT2D eigenvalue weighted by Crippen LogP contribution is 2.29. The molecule has 0 atom stereocenters. The molecule has 0 aliphatic carbocycles. The Morgan fingerprint density at radius 3 is 2.70 bits per heavy atom. The third kappa shape index (κ3) is 3.28. The van der Waals surface area contributed by atoms with Gasteiger partial charge in [-0.3, -0.25) is 10.1 Å². The average molecular weight is 414 g/mol. The SMILES string of the molecule is N#Cc1ncoc1NC(=O)c1ccc2[nH]c(=O)n(-c3ccc(C(F)(F)F)cn3)c2c1. The van der Waals surface area contributed by atoms with Crippen molar-refractivity contribution in [2.45, 2.75) is 6.18 Å². The number of carbonyl (C=O) groups excluding carboxylic acids is 1. The van der Waals surface area contributed by atoms with E-state index in [0.29, 0.717) is 11.7 Å². The van der Waals surface area contributed by atoms with Gasteiger partial charge in [-0.2, -0.15) is 18.4 Å². The average Bonchev–Trinajstić information content (AvgIpc) is 3.29. The zero-order valence-corrected chi connectivity index (χ0v) is 14.7. The Balaban J connectivity index is 1.74. The van der Waals surface area contributed by atoms with Crippen LogP contribution in [0.3, 0.4) is 0 Å². The molecule has 30 heavy (non-hydrogen) atoms. The molecule has 0 saturated heterocycles. The lowest BCUT2D eigenvalue weighted by Crippen LogP contribution is -2.17. The highest BCUT2D eigenvalue weighted by molar-refractivity contribution is 6.05. The standard InChI is InChI=1S/C18H9F3N6O3/c19-18(20,21)10-2-4-14(23-7-10)27-13-5-9(1-3-11(13)25-17(27)29)15(28)26-16-12(6-22)24-8-30-16/h1-5,7-8H,(H,25,29)(H,26,28). The second kappa shape index (κ2) is 6.89. The Labute approximate surface area is 164 Å². The maximum absolute atomic E-state index is 12.8. The van der Waals surface area contributed by atoms with Gasteiger partial charge >= 0.3 is 11.9 Å². The van der Waals surface area contributed by atoms with E-state index >= 15 is 0 Å². The number of nitrogens with one attached hydrogen (secondary N) is 2. The van der Waals surface area contributed by atoms with Crippen LogP contribution in [-0.4, -0.2) is 25.4 Å². The smallest absolute Gasteiger partial charge is 0.417 e. The molecule has 0 saturated carbocycles. The number of aromatic amines is 1. The van der Waals surface area contributed by atoms with E-state index in [1.807, 2.05) is 0 Å². The van der Waals surface area contributed by atoms with Crippen LogP contribution in [0.15, 0.2) is 52.1 Å². The number of oxazole rings is 1. The summed E-state index contributed by atoms with van der Waals surface area (Å²) in [5, 5.41) is 11.3. The first-order valence-electron chi connectivity index (χ1n) is 8.21. The number of halogens is 3. The lowest BCUT2D eigenvalue weighted by atomic mass is 10.2. The minimum Gasteiger partial charge on any atom is -0.426 e. The third-order valence-electron chi connectivity index (χ3n) is 4.15. The molecule has 1 aromatic carbocycles. The normalized spacial score (nSPS) is 11.4. The fourth-order valence-electron chi connectivity index (χ4n) is 2.75. The molecule has 4 rings (SSSR count). The number of nitrogens with zero attached hydrogens (tertiary/aromatic N) is 4. The van der Waals surface area contributed by atoms with E-state index in [4.69, 9.17) is 9.68 Å². The summed E-state index contributed by atoms with van der Waals surface area (Å²) in [5.74, 6) is -0.844. The van der Waals surface area contributed by atoms with E-state index in [1.165, 1.54) is 18.2 Å². The zero-order valence-electron chi connectivity index (χ0n) is 14.7. The van der Waals surface area contributed by atoms with Crippen molar-refractivity contribution in [2.75, 3.05) is 5.32 Å². The topological polar surface area (TPSA) is 130 Å². The van der Waals surface area contributed by atoms with Crippen LogP contribution in [0, 0.1) is 11.3 Å². The van der Waals surface area contributed by atoms with Gasteiger partial charge in [-0.25, -0.2) is 19.3 Å². The molecular weight excluding hydrogens is 405 g/mol. The number of alkyl halides is 3. The number of amides is 1. The number of aromatic nitrogens is 4. The van der Waals surface area contributed by atoms with Gasteiger partial charge in [0.15, 0.2) is 6.39 Å². The van der Waals surface area contributed by atoms with Crippen molar-refractivity contribution < 1.29 is 22.4 Å². The van der Waals surface area contributed by atoms with E-state index in [1.54, 1.807) is 6.07 Å². The summed E-state index contributed by atoms with van der Waals surface area (Å²) < 4.78 is 44.2. The van der Waals surface area contributed by atoms with Crippen molar-refractivity contribution in [3.63, 3.8) is 0 Å². The Kier molecular flexibility index (Phi) is 4.35. The molecule has 3 aromatic heterocycles. The number of hydrogen-bond donors (Lipinski definition) is 2. The molecule has 0 unspecified atom stereocenters. The van der Waals surface area contributed by atoms with Gasteiger partial charge in [-0.1, -0.05) is 0 Å². The number of imidazole rings is 1. The highest BCUT2D eigenvalue weighted by Gasteiger charge is 2.30. The van der Waals surface area contributed by atoms with Crippen LogP contribution in [0.5, 0.6) is 0 Å². The van der Waals surface area contributed by atoms with Crippen molar-refractivity contribution >= 4 is 22.8 Å². The van der Waals surface area contributed by atoms with Crippen molar-refractivity contribution in [1.29, 1.82) is 5.26 Å². The zero-order chi connectivity index (χ0) is 21.5. The number of benzene rings is 1. The van der Waals surface area contributed by atoms with Crippen LogP contribution >= 0.6 is 0 Å². The number of nitriles is 1. The van der Waals surface area contributed by atoms with Crippen molar-refractivity contribution in [3.8, 4) is 11.9 Å². The summed E-state index contributed by atoms with van der Waals surface area (Å²) in [6.07, 6.45) is -2.95. The third-order valence-corrected chi connectivity index (χ3v) is 4.15. The van der Waals surface area contributed by atoms with Crippen molar-refractivity contribution in [1.82, 2.24) is 19.5 Å². The van der Waals surface area contributed by atoms with E-state index < -0.39 is 23.3 Å². The van der Waals surface area contributed by atoms with Gasteiger partial charge in [0, 0.05) is 11.8 Å². The largest absolute Gasteiger partial charge is 0.426 e. The van der Waals surface area contributed by atoms with Gasteiger partial charge in [0.05, 0.1) is 16.6 Å². The van der Waals surface area contributed by atoms with Gasteiger partial charge in [-0.15, -0.1) is 0 Å². The molecule has 0 fully saturated rings. The molecule has 0 aliphatic rings. The van der Waals surface area contributed by atoms with Crippen LogP contribution < -0.4 is 11.0 Å². The first kappa shape index (κ1) is 18.9. The Hall–Kier alpha value is -4.40. The minimum absolute atomic E-state index is 0.0567. The van der Waals surface area contributed by atoms with Crippen LogP contribution in [0.4, 0.5) is 19.1 Å². The van der Waals surface area contributed by atoms with Gasteiger partial charge in [0.2, 0.25) is 11.6 Å². The predicted octanol–water partition coefficient (Wildman–Crippen LogP) is 2.84. The number of anilines is 1. The molecule has 9 nitrogen and oxygen atoms in total. The van der Waals surface area contributed by atoms with E-state index in [2.05, 4.69) is 20.3 Å². The second-order valence-corrected chi connectivity index (χ2v) is 6.00. The molecule has 2 N–H and O–H groups in total. The van der Waals surface area contributed by atoms with E-state index in [0.717, 1.165) is 23.1 Å². The van der Waals surface area contributed by atoms with Crippen molar-refractivity contribution in [2.24, 2.45) is 0 Å². The summed E-state index contributed by atoms with van der Waals surface area (Å²) >= 11 is 0. The first-order valence-corrected chi connectivity index (χ1v) is 8.21. The van der Waals surface area contributed by atoms with E-state index in [-0.39, 0.29) is 28.5 Å². The fourth-order valence-corrected chi connectivity index (χ4v) is 2.75. The molecule has 0 bridgehead atoms. The monoisotopic (exact) mass is 414 g/mol. The van der Waals surface area contributed by atoms with Gasteiger partial charge in [-0.05, 0) is 30.3 Å². The Morgan fingerprint density at radius 2 is 2.03 bits per heavy atom. The molecular formula is C18H9F3N6O3. The maximum atomic E-state index is 12.8. The number of H-pyrrole nitrogens is 1. The van der Waals surface area contributed by atoms with Crippen LogP contribution in [0.25, 0.3) is 16.9 Å². The van der Waals surface area contributed by atoms with Crippen molar-refractivity contribution in [3.05, 3.63) is 70.2 Å². The van der Waals surface area contributed by atoms with Crippen LogP contribution in [0.2, 0.25) is 0 Å². The first-order chi connectivity index (χ1) is 14.3.